The number of hydrogen-bond donors (Lipinski definition) is 3. The van der Waals surface area contributed by atoms with Crippen LogP contribution in [0.4, 0.5) is 42.1 Å². The molecule has 4 rings (SSSR count). The predicted octanol–water partition coefficient (Wildman–Crippen LogP) is 7.71. The molecule has 14 heteroatoms. The highest BCUT2D eigenvalue weighted by molar-refractivity contribution is 8.00. The van der Waals surface area contributed by atoms with Crippen LogP contribution in [0.25, 0.3) is 6.08 Å². The standard InChI is InChI=1S/C32H22F7N3O3S/c1-17-7-5-8-18(13-17)14-22(41-30(44)19-9-3-2-4-10-19)31(45)40-20-11-6-12-21(15-20)46-16-23(43)42-29-27(35)25(33)24(32(37,38)39)26(34)28(29)36/h2-15H,16H2,1H3,(H,40,45)(H,41,44)(H,42,43)/b22-14+. The van der Waals surface area contributed by atoms with Crippen LogP contribution >= 0.6 is 11.8 Å². The first-order chi connectivity index (χ1) is 21.7. The smallest absolute Gasteiger partial charge is 0.321 e. The second-order valence-corrected chi connectivity index (χ2v) is 10.7. The largest absolute Gasteiger partial charge is 0.422 e. The molecule has 3 N–H and O–H groups in total. The maximum atomic E-state index is 14.2. The lowest BCUT2D eigenvalue weighted by atomic mass is 10.1. The zero-order valence-electron chi connectivity index (χ0n) is 23.6. The highest BCUT2D eigenvalue weighted by Crippen LogP contribution is 2.38. The Morgan fingerprint density at radius 3 is 2.07 bits per heavy atom. The molecule has 0 fully saturated rings. The van der Waals surface area contributed by atoms with Crippen LogP contribution < -0.4 is 16.0 Å². The number of alkyl halides is 3. The van der Waals surface area contributed by atoms with Gasteiger partial charge in [-0.3, -0.25) is 14.4 Å². The molecule has 0 bridgehead atoms. The lowest BCUT2D eigenvalue weighted by Crippen LogP contribution is -2.30. The summed E-state index contributed by atoms with van der Waals surface area (Å²) >= 11 is 0.777. The zero-order chi connectivity index (χ0) is 33.6. The Kier molecular flexibility index (Phi) is 10.5. The molecule has 238 valence electrons. The second kappa shape index (κ2) is 14.3. The number of hydrogen-bond acceptors (Lipinski definition) is 4. The number of nitrogens with one attached hydrogen (secondary N) is 3. The van der Waals surface area contributed by atoms with Gasteiger partial charge in [0.1, 0.15) is 16.9 Å². The summed E-state index contributed by atoms with van der Waals surface area (Å²) < 4.78 is 94.5. The molecule has 0 aliphatic heterocycles. The van der Waals surface area contributed by atoms with Crippen molar-refractivity contribution in [3.05, 3.63) is 130 Å². The number of carbonyl (C=O) groups is 3. The van der Waals surface area contributed by atoms with E-state index in [0.29, 0.717) is 16.0 Å². The Hall–Kier alpha value is -5.11. The van der Waals surface area contributed by atoms with Gasteiger partial charge in [0.15, 0.2) is 23.3 Å². The molecular formula is C32H22F7N3O3S. The van der Waals surface area contributed by atoms with Gasteiger partial charge in [-0.05, 0) is 48.9 Å². The van der Waals surface area contributed by atoms with E-state index in [0.717, 1.165) is 17.3 Å². The third-order valence-corrected chi connectivity index (χ3v) is 7.15. The maximum absolute atomic E-state index is 14.2. The minimum absolute atomic E-state index is 0.0862. The number of rotatable bonds is 9. The molecule has 0 atom stereocenters. The van der Waals surface area contributed by atoms with E-state index in [2.05, 4.69) is 10.6 Å². The monoisotopic (exact) mass is 661 g/mol. The summed E-state index contributed by atoms with van der Waals surface area (Å²) in [6.45, 7) is 1.86. The zero-order valence-corrected chi connectivity index (χ0v) is 24.4. The molecular weight excluding hydrogens is 639 g/mol. The molecule has 0 unspecified atom stereocenters. The van der Waals surface area contributed by atoms with Gasteiger partial charge in [-0.2, -0.15) is 13.2 Å². The Morgan fingerprint density at radius 2 is 1.43 bits per heavy atom. The minimum Gasteiger partial charge on any atom is -0.321 e. The summed E-state index contributed by atoms with van der Waals surface area (Å²) in [5.74, 6) is -13.2. The van der Waals surface area contributed by atoms with Crippen LogP contribution in [-0.2, 0) is 15.8 Å². The normalized spacial score (nSPS) is 11.6. The molecule has 6 nitrogen and oxygen atoms in total. The lowest BCUT2D eigenvalue weighted by Gasteiger charge is -2.14. The fraction of sp³-hybridized carbons (Fsp3) is 0.0938. The molecule has 0 aromatic heterocycles. The molecule has 4 aromatic rings. The van der Waals surface area contributed by atoms with Crippen LogP contribution in [0.5, 0.6) is 0 Å². The van der Waals surface area contributed by atoms with Crippen LogP contribution in [0.3, 0.4) is 0 Å². The van der Waals surface area contributed by atoms with Gasteiger partial charge in [-0.1, -0.05) is 54.1 Å². The molecule has 0 aliphatic rings. The molecule has 0 saturated carbocycles. The van der Waals surface area contributed by atoms with Crippen molar-refractivity contribution in [2.24, 2.45) is 0 Å². The third kappa shape index (κ3) is 8.33. The third-order valence-electron chi connectivity index (χ3n) is 6.16. The molecule has 0 saturated heterocycles. The van der Waals surface area contributed by atoms with Crippen molar-refractivity contribution < 1.29 is 45.1 Å². The van der Waals surface area contributed by atoms with Gasteiger partial charge in [0, 0.05) is 16.1 Å². The molecule has 3 amide bonds. The molecule has 46 heavy (non-hydrogen) atoms. The number of halogens is 7. The number of anilines is 2. The summed E-state index contributed by atoms with van der Waals surface area (Å²) in [4.78, 5) is 38.8. The summed E-state index contributed by atoms with van der Waals surface area (Å²) in [7, 11) is 0. The Bertz CT molecular complexity index is 1800. The van der Waals surface area contributed by atoms with Crippen molar-refractivity contribution >= 4 is 46.9 Å². The van der Waals surface area contributed by atoms with Crippen molar-refractivity contribution in [2.75, 3.05) is 16.4 Å². The van der Waals surface area contributed by atoms with E-state index in [9.17, 15) is 45.1 Å². The van der Waals surface area contributed by atoms with Crippen LogP contribution in [0.15, 0.2) is 89.5 Å². The maximum Gasteiger partial charge on any atom is 0.422 e. The van der Waals surface area contributed by atoms with Crippen molar-refractivity contribution in [3.63, 3.8) is 0 Å². The van der Waals surface area contributed by atoms with Gasteiger partial charge < -0.3 is 16.0 Å². The van der Waals surface area contributed by atoms with Crippen molar-refractivity contribution in [1.82, 2.24) is 5.32 Å². The summed E-state index contributed by atoms with van der Waals surface area (Å²) in [5.41, 5.74) is -2.47. The molecule has 4 aromatic carbocycles. The highest BCUT2D eigenvalue weighted by Gasteiger charge is 2.42. The van der Waals surface area contributed by atoms with E-state index < -0.39 is 64.2 Å². The SMILES string of the molecule is Cc1cccc(/C=C(/NC(=O)c2ccccc2)C(=O)Nc2cccc(SCC(=O)Nc3c(F)c(F)c(C(F)(F)F)c(F)c3F)c2)c1. The highest BCUT2D eigenvalue weighted by atomic mass is 32.2. The van der Waals surface area contributed by atoms with E-state index >= 15 is 0 Å². The first-order valence-corrected chi connectivity index (χ1v) is 14.1. The fourth-order valence-corrected chi connectivity index (χ4v) is 4.80. The van der Waals surface area contributed by atoms with Gasteiger partial charge in [0.2, 0.25) is 5.91 Å². The summed E-state index contributed by atoms with van der Waals surface area (Å²) in [6, 6.07) is 21.3. The van der Waals surface area contributed by atoms with Gasteiger partial charge in [-0.25, -0.2) is 17.6 Å². The van der Waals surface area contributed by atoms with Gasteiger partial charge in [-0.15, -0.1) is 11.8 Å². The fourth-order valence-electron chi connectivity index (χ4n) is 4.05. The number of benzene rings is 4. The first-order valence-electron chi connectivity index (χ1n) is 13.2. The van der Waals surface area contributed by atoms with Crippen LogP contribution in [-0.4, -0.2) is 23.5 Å². The van der Waals surface area contributed by atoms with Crippen LogP contribution in [0.1, 0.15) is 27.0 Å². The second-order valence-electron chi connectivity index (χ2n) is 9.61. The molecule has 0 heterocycles. The first kappa shape index (κ1) is 33.8. The molecule has 0 aliphatic carbocycles. The molecule has 0 radical (unpaired) electrons. The minimum atomic E-state index is -5.72. The van der Waals surface area contributed by atoms with Gasteiger partial charge >= 0.3 is 6.18 Å². The van der Waals surface area contributed by atoms with Gasteiger partial charge in [0.25, 0.3) is 11.8 Å². The average molecular weight is 662 g/mol. The number of amides is 3. The topological polar surface area (TPSA) is 87.3 Å². The van der Waals surface area contributed by atoms with E-state index in [1.807, 2.05) is 13.0 Å². The Morgan fingerprint density at radius 1 is 0.783 bits per heavy atom. The van der Waals surface area contributed by atoms with E-state index in [1.165, 1.54) is 30.3 Å². The number of carbonyl (C=O) groups excluding carboxylic acids is 3. The molecule has 0 spiro atoms. The van der Waals surface area contributed by atoms with E-state index in [1.54, 1.807) is 53.8 Å². The predicted molar refractivity (Wildman–Crippen MR) is 159 cm³/mol. The van der Waals surface area contributed by atoms with Crippen LogP contribution in [0.2, 0.25) is 0 Å². The Labute approximate surface area is 261 Å². The van der Waals surface area contributed by atoms with E-state index in [4.69, 9.17) is 0 Å². The summed E-state index contributed by atoms with van der Waals surface area (Å²) in [5, 5.41) is 6.79. The summed E-state index contributed by atoms with van der Waals surface area (Å²) in [6.07, 6.45) is -4.24. The van der Waals surface area contributed by atoms with Gasteiger partial charge in [0.05, 0.1) is 5.75 Å². The van der Waals surface area contributed by atoms with Crippen molar-refractivity contribution in [3.8, 4) is 0 Å². The van der Waals surface area contributed by atoms with Crippen LogP contribution in [0, 0.1) is 30.2 Å². The average Bonchev–Trinajstić information content (AvgIpc) is 3.01. The lowest BCUT2D eigenvalue weighted by molar-refractivity contribution is -0.143. The van der Waals surface area contributed by atoms with E-state index in [-0.39, 0.29) is 11.4 Å². The number of aryl methyl sites for hydroxylation is 1. The Balaban J connectivity index is 1.47. The van der Waals surface area contributed by atoms with Crippen molar-refractivity contribution in [1.29, 1.82) is 0 Å². The quantitative estimate of drug-likeness (QED) is 0.0743. The number of thioether (sulfide) groups is 1. The van der Waals surface area contributed by atoms with Crippen molar-refractivity contribution in [2.45, 2.75) is 18.0 Å².